The van der Waals surface area contributed by atoms with Crippen molar-refractivity contribution in [2.45, 2.75) is 26.3 Å². The molecule has 3 heterocycles. The number of hydrogen-bond donors (Lipinski definition) is 1. The van der Waals surface area contributed by atoms with Gasteiger partial charge in [-0.2, -0.15) is 17.0 Å². The molecule has 0 bridgehead atoms. The Labute approximate surface area is 170 Å². The molecule has 1 atom stereocenters. The Bertz CT molecular complexity index is 789. The van der Waals surface area contributed by atoms with Crippen LogP contribution in [0.1, 0.15) is 25.5 Å². The van der Waals surface area contributed by atoms with E-state index >= 15 is 0 Å². The number of hydrogen-bond acceptors (Lipinski definition) is 6. The van der Waals surface area contributed by atoms with Gasteiger partial charge >= 0.3 is 6.09 Å². The third-order valence-electron chi connectivity index (χ3n) is 5.19. The fourth-order valence-corrected chi connectivity index (χ4v) is 5.26. The van der Waals surface area contributed by atoms with Crippen LogP contribution in [0.3, 0.4) is 0 Å². The van der Waals surface area contributed by atoms with Gasteiger partial charge in [0.2, 0.25) is 5.91 Å². The number of rotatable bonds is 6. The summed E-state index contributed by atoms with van der Waals surface area (Å²) in [6.45, 7) is 3.86. The third kappa shape index (κ3) is 5.28. The zero-order valence-electron chi connectivity index (χ0n) is 16.6. The second-order valence-corrected chi connectivity index (χ2v) is 9.02. The molecule has 0 aromatic carbocycles. The van der Waals surface area contributed by atoms with E-state index < -0.39 is 22.2 Å². The quantitative estimate of drug-likeness (QED) is 0.711. The van der Waals surface area contributed by atoms with E-state index in [1.54, 1.807) is 19.1 Å². The molecule has 11 heteroatoms. The molecule has 2 fully saturated rings. The second kappa shape index (κ2) is 9.59. The van der Waals surface area contributed by atoms with Crippen LogP contribution in [-0.4, -0.2) is 79.8 Å². The Balaban J connectivity index is 1.53. The zero-order valence-corrected chi connectivity index (χ0v) is 17.4. The SMILES string of the molecule is CCOC(=O)N1CCN(S(=O)(=O)N2CCC[C@@H](C(=O)NCc3ccco3)C2)CC1. The van der Waals surface area contributed by atoms with E-state index in [9.17, 15) is 18.0 Å². The average Bonchev–Trinajstić information content (AvgIpc) is 3.26. The van der Waals surface area contributed by atoms with Crippen LogP contribution in [0.5, 0.6) is 0 Å². The molecule has 0 aliphatic carbocycles. The fourth-order valence-electron chi connectivity index (χ4n) is 3.58. The summed E-state index contributed by atoms with van der Waals surface area (Å²) >= 11 is 0. The van der Waals surface area contributed by atoms with E-state index in [0.717, 1.165) is 0 Å². The number of amides is 2. The molecule has 29 heavy (non-hydrogen) atoms. The Hall–Kier alpha value is -2.11. The van der Waals surface area contributed by atoms with E-state index in [-0.39, 0.29) is 38.7 Å². The van der Waals surface area contributed by atoms with Crippen molar-refractivity contribution in [3.8, 4) is 0 Å². The largest absolute Gasteiger partial charge is 0.467 e. The van der Waals surface area contributed by atoms with Crippen molar-refractivity contribution in [3.63, 3.8) is 0 Å². The summed E-state index contributed by atoms with van der Waals surface area (Å²) < 4.78 is 39.0. The second-order valence-electron chi connectivity index (χ2n) is 7.09. The summed E-state index contributed by atoms with van der Waals surface area (Å²) in [7, 11) is -3.68. The first-order valence-electron chi connectivity index (χ1n) is 9.89. The monoisotopic (exact) mass is 428 g/mol. The van der Waals surface area contributed by atoms with Gasteiger partial charge in [0.25, 0.3) is 10.2 Å². The summed E-state index contributed by atoms with van der Waals surface area (Å²) in [6, 6.07) is 3.52. The van der Waals surface area contributed by atoms with Crippen molar-refractivity contribution >= 4 is 22.2 Å². The predicted octanol–water partition coefficient (Wildman–Crippen LogP) is 0.627. The lowest BCUT2D eigenvalue weighted by Gasteiger charge is -2.38. The highest BCUT2D eigenvalue weighted by atomic mass is 32.2. The molecule has 2 aliphatic rings. The molecule has 0 unspecified atom stereocenters. The van der Waals surface area contributed by atoms with Crippen LogP contribution in [0.4, 0.5) is 4.79 Å². The predicted molar refractivity (Wildman–Crippen MR) is 104 cm³/mol. The zero-order chi connectivity index (χ0) is 20.9. The van der Waals surface area contributed by atoms with Gasteiger partial charge in [-0.1, -0.05) is 0 Å². The van der Waals surface area contributed by atoms with Gasteiger partial charge in [0.1, 0.15) is 5.76 Å². The number of nitrogens with zero attached hydrogens (tertiary/aromatic N) is 3. The van der Waals surface area contributed by atoms with Crippen molar-refractivity contribution in [2.75, 3.05) is 45.9 Å². The molecule has 3 rings (SSSR count). The van der Waals surface area contributed by atoms with Crippen LogP contribution < -0.4 is 5.32 Å². The molecule has 1 aromatic rings. The summed E-state index contributed by atoms with van der Waals surface area (Å²) in [4.78, 5) is 25.8. The number of nitrogens with one attached hydrogen (secondary N) is 1. The first kappa shape index (κ1) is 21.6. The van der Waals surface area contributed by atoms with Crippen LogP contribution >= 0.6 is 0 Å². The molecule has 1 aromatic heterocycles. The maximum Gasteiger partial charge on any atom is 0.409 e. The van der Waals surface area contributed by atoms with Gasteiger partial charge in [0.15, 0.2) is 0 Å². The molecule has 2 saturated heterocycles. The average molecular weight is 429 g/mol. The lowest BCUT2D eigenvalue weighted by Crippen LogP contribution is -2.56. The minimum absolute atomic E-state index is 0.157. The van der Waals surface area contributed by atoms with Gasteiger partial charge in [-0.05, 0) is 31.9 Å². The molecule has 0 radical (unpaired) electrons. The topological polar surface area (TPSA) is 112 Å². The van der Waals surface area contributed by atoms with Crippen molar-refractivity contribution in [3.05, 3.63) is 24.2 Å². The highest BCUT2D eigenvalue weighted by Crippen LogP contribution is 2.22. The van der Waals surface area contributed by atoms with Crippen molar-refractivity contribution in [2.24, 2.45) is 5.92 Å². The summed E-state index contributed by atoms with van der Waals surface area (Å²) in [5, 5.41) is 2.81. The molecular formula is C18H28N4O6S. The summed E-state index contributed by atoms with van der Waals surface area (Å²) in [5.41, 5.74) is 0. The fraction of sp³-hybridized carbons (Fsp3) is 0.667. The number of carbonyl (C=O) groups is 2. The molecule has 1 N–H and O–H groups in total. The van der Waals surface area contributed by atoms with Crippen LogP contribution in [0.25, 0.3) is 0 Å². The van der Waals surface area contributed by atoms with Crippen LogP contribution in [0.2, 0.25) is 0 Å². The van der Waals surface area contributed by atoms with Gasteiger partial charge in [-0.15, -0.1) is 0 Å². The number of ether oxygens (including phenoxy) is 1. The van der Waals surface area contributed by atoms with Gasteiger partial charge in [-0.3, -0.25) is 4.79 Å². The molecule has 2 amide bonds. The van der Waals surface area contributed by atoms with Gasteiger partial charge in [0.05, 0.1) is 25.3 Å². The smallest absolute Gasteiger partial charge is 0.409 e. The number of piperidine rings is 1. The van der Waals surface area contributed by atoms with E-state index in [2.05, 4.69) is 5.32 Å². The summed E-state index contributed by atoms with van der Waals surface area (Å²) in [5.74, 6) is 0.0841. The van der Waals surface area contributed by atoms with Crippen molar-refractivity contribution in [1.29, 1.82) is 0 Å². The Morgan fingerprint density at radius 2 is 1.97 bits per heavy atom. The van der Waals surface area contributed by atoms with Crippen LogP contribution in [0.15, 0.2) is 22.8 Å². The van der Waals surface area contributed by atoms with E-state index in [1.165, 1.54) is 19.8 Å². The molecule has 0 saturated carbocycles. The van der Waals surface area contributed by atoms with Gasteiger partial charge in [0, 0.05) is 39.3 Å². The van der Waals surface area contributed by atoms with Crippen LogP contribution in [0, 0.1) is 5.92 Å². The minimum Gasteiger partial charge on any atom is -0.467 e. The molecular weight excluding hydrogens is 400 g/mol. The first-order chi connectivity index (χ1) is 13.9. The molecule has 2 aliphatic heterocycles. The lowest BCUT2D eigenvalue weighted by molar-refractivity contribution is -0.126. The van der Waals surface area contributed by atoms with E-state index in [4.69, 9.17) is 9.15 Å². The van der Waals surface area contributed by atoms with Gasteiger partial charge in [-0.25, -0.2) is 4.79 Å². The van der Waals surface area contributed by atoms with Crippen molar-refractivity contribution in [1.82, 2.24) is 18.8 Å². The molecule has 162 valence electrons. The van der Waals surface area contributed by atoms with Gasteiger partial charge < -0.3 is 19.4 Å². The molecule has 10 nitrogen and oxygen atoms in total. The maximum absolute atomic E-state index is 13.0. The summed E-state index contributed by atoms with van der Waals surface area (Å²) in [6.07, 6.45) is 2.39. The number of furan rings is 1. The van der Waals surface area contributed by atoms with E-state index in [1.807, 2.05) is 0 Å². The number of carbonyl (C=O) groups excluding carboxylic acids is 2. The Morgan fingerprint density at radius 1 is 1.21 bits per heavy atom. The first-order valence-corrected chi connectivity index (χ1v) is 11.3. The van der Waals surface area contributed by atoms with Crippen molar-refractivity contribution < 1.29 is 27.2 Å². The minimum atomic E-state index is -3.68. The molecule has 0 spiro atoms. The third-order valence-corrected chi connectivity index (χ3v) is 7.19. The van der Waals surface area contributed by atoms with E-state index in [0.29, 0.717) is 38.2 Å². The lowest BCUT2D eigenvalue weighted by atomic mass is 9.99. The normalized spacial score (nSPS) is 21.7. The Morgan fingerprint density at radius 3 is 2.62 bits per heavy atom. The number of piperazine rings is 1. The highest BCUT2D eigenvalue weighted by Gasteiger charge is 2.37. The Kier molecular flexibility index (Phi) is 7.14. The standard InChI is InChI=1S/C18H28N4O6S/c1-2-27-18(24)20-8-10-21(11-9-20)29(25,26)22-7-3-5-15(14-22)17(23)19-13-16-6-4-12-28-16/h4,6,12,15H,2-3,5,7-11,13-14H2,1H3,(H,19,23)/t15-/m1/s1. The van der Waals surface area contributed by atoms with Crippen LogP contribution in [-0.2, 0) is 26.3 Å². The maximum atomic E-state index is 13.0. The highest BCUT2D eigenvalue weighted by molar-refractivity contribution is 7.86.